The summed E-state index contributed by atoms with van der Waals surface area (Å²) in [4.78, 5) is 2.99. The Hall–Kier alpha value is -1.27. The van der Waals surface area contributed by atoms with Crippen molar-refractivity contribution in [2.24, 2.45) is 11.7 Å². The Morgan fingerprint density at radius 1 is 1.58 bits per heavy atom. The maximum absolute atomic E-state index is 8.71. The van der Waals surface area contributed by atoms with E-state index < -0.39 is 0 Å². The third-order valence-electron chi connectivity index (χ3n) is 1.95. The zero-order valence-electron chi connectivity index (χ0n) is 7.33. The summed E-state index contributed by atoms with van der Waals surface area (Å²) in [5, 5.41) is 8.71. The zero-order valence-corrected chi connectivity index (χ0v) is 7.33. The summed E-state index contributed by atoms with van der Waals surface area (Å²) in [6.45, 7) is 4.07. The average molecular weight is 163 g/mol. The normalized spacial score (nSPS) is 12.9. The number of rotatable bonds is 2. The van der Waals surface area contributed by atoms with Crippen LogP contribution in [0.5, 0.6) is 0 Å². The van der Waals surface area contributed by atoms with Gasteiger partial charge >= 0.3 is 0 Å². The van der Waals surface area contributed by atoms with Crippen molar-refractivity contribution in [3.05, 3.63) is 23.5 Å². The molecule has 3 heteroatoms. The SMILES string of the molecule is CC(C)[C@@H](N)c1[nH]ccc1C#N. The van der Waals surface area contributed by atoms with E-state index in [1.165, 1.54) is 0 Å². The third kappa shape index (κ3) is 1.49. The number of nitrogens with zero attached hydrogens (tertiary/aromatic N) is 1. The van der Waals surface area contributed by atoms with E-state index in [0.717, 1.165) is 5.69 Å². The maximum Gasteiger partial charge on any atom is 0.101 e. The van der Waals surface area contributed by atoms with Crippen LogP contribution >= 0.6 is 0 Å². The van der Waals surface area contributed by atoms with Gasteiger partial charge in [0.15, 0.2) is 0 Å². The van der Waals surface area contributed by atoms with Gasteiger partial charge in [0.05, 0.1) is 11.3 Å². The first-order valence-electron chi connectivity index (χ1n) is 3.99. The Morgan fingerprint density at radius 2 is 2.25 bits per heavy atom. The number of nitriles is 1. The van der Waals surface area contributed by atoms with Crippen molar-refractivity contribution < 1.29 is 0 Å². The van der Waals surface area contributed by atoms with Crippen LogP contribution < -0.4 is 5.73 Å². The van der Waals surface area contributed by atoms with E-state index in [1.807, 2.05) is 13.8 Å². The minimum atomic E-state index is -0.0744. The largest absolute Gasteiger partial charge is 0.363 e. The fourth-order valence-electron chi connectivity index (χ4n) is 1.09. The van der Waals surface area contributed by atoms with Crippen LogP contribution in [0.25, 0.3) is 0 Å². The first-order chi connectivity index (χ1) is 5.66. The van der Waals surface area contributed by atoms with E-state index in [1.54, 1.807) is 12.3 Å². The monoisotopic (exact) mass is 163 g/mol. The second kappa shape index (κ2) is 3.42. The number of H-pyrrole nitrogens is 1. The van der Waals surface area contributed by atoms with Crippen LogP contribution in [0.4, 0.5) is 0 Å². The zero-order chi connectivity index (χ0) is 9.14. The van der Waals surface area contributed by atoms with Crippen molar-refractivity contribution in [2.45, 2.75) is 19.9 Å². The Kier molecular flexibility index (Phi) is 2.51. The Labute approximate surface area is 72.2 Å². The second-order valence-corrected chi connectivity index (χ2v) is 3.19. The molecule has 1 aromatic heterocycles. The van der Waals surface area contributed by atoms with Gasteiger partial charge in [-0.2, -0.15) is 5.26 Å². The number of hydrogen-bond donors (Lipinski definition) is 2. The van der Waals surface area contributed by atoms with Gasteiger partial charge in [0.1, 0.15) is 6.07 Å². The lowest BCUT2D eigenvalue weighted by molar-refractivity contribution is 0.504. The number of aromatic nitrogens is 1. The minimum Gasteiger partial charge on any atom is -0.363 e. The topological polar surface area (TPSA) is 65.6 Å². The molecule has 1 atom stereocenters. The molecule has 0 saturated carbocycles. The summed E-state index contributed by atoms with van der Waals surface area (Å²) < 4.78 is 0. The van der Waals surface area contributed by atoms with Crippen LogP contribution in [-0.2, 0) is 0 Å². The molecule has 3 nitrogen and oxygen atoms in total. The van der Waals surface area contributed by atoms with Gasteiger partial charge in [-0.25, -0.2) is 0 Å². The van der Waals surface area contributed by atoms with Crippen LogP contribution in [0.1, 0.15) is 31.1 Å². The molecule has 0 aliphatic carbocycles. The van der Waals surface area contributed by atoms with E-state index in [4.69, 9.17) is 11.0 Å². The lowest BCUT2D eigenvalue weighted by Gasteiger charge is -2.14. The molecule has 12 heavy (non-hydrogen) atoms. The fourth-order valence-corrected chi connectivity index (χ4v) is 1.09. The van der Waals surface area contributed by atoms with Crippen LogP contribution in [0.3, 0.4) is 0 Å². The molecule has 3 N–H and O–H groups in total. The Morgan fingerprint density at radius 3 is 2.75 bits per heavy atom. The van der Waals surface area contributed by atoms with Gasteiger partial charge in [-0.3, -0.25) is 0 Å². The Balaban J connectivity index is 2.95. The van der Waals surface area contributed by atoms with Gasteiger partial charge in [-0.05, 0) is 12.0 Å². The van der Waals surface area contributed by atoms with E-state index in [2.05, 4.69) is 11.1 Å². The predicted octanol–water partition coefficient (Wildman–Crippen LogP) is 1.54. The quantitative estimate of drug-likeness (QED) is 0.694. The molecular formula is C9H13N3. The highest BCUT2D eigenvalue weighted by Gasteiger charge is 2.14. The highest BCUT2D eigenvalue weighted by Crippen LogP contribution is 2.19. The van der Waals surface area contributed by atoms with Crippen molar-refractivity contribution in [1.82, 2.24) is 4.98 Å². The smallest absolute Gasteiger partial charge is 0.101 e. The number of nitrogens with one attached hydrogen (secondary N) is 1. The van der Waals surface area contributed by atoms with Crippen LogP contribution in [0, 0.1) is 17.2 Å². The van der Waals surface area contributed by atoms with Crippen molar-refractivity contribution >= 4 is 0 Å². The fraction of sp³-hybridized carbons (Fsp3) is 0.444. The van der Waals surface area contributed by atoms with Crippen molar-refractivity contribution in [3.63, 3.8) is 0 Å². The van der Waals surface area contributed by atoms with Gasteiger partial charge in [0.2, 0.25) is 0 Å². The standard InChI is InChI=1S/C9H13N3/c1-6(2)8(11)9-7(5-10)3-4-12-9/h3-4,6,8,12H,11H2,1-2H3/t8-/m1/s1. The molecule has 0 aliphatic rings. The summed E-state index contributed by atoms with van der Waals surface area (Å²) >= 11 is 0. The lowest BCUT2D eigenvalue weighted by Crippen LogP contribution is -2.18. The first-order valence-corrected chi connectivity index (χ1v) is 3.99. The number of aromatic amines is 1. The van der Waals surface area contributed by atoms with E-state index in [9.17, 15) is 0 Å². The summed E-state index contributed by atoms with van der Waals surface area (Å²) in [5.74, 6) is 0.343. The van der Waals surface area contributed by atoms with Crippen molar-refractivity contribution in [1.29, 1.82) is 5.26 Å². The molecule has 0 aromatic carbocycles. The van der Waals surface area contributed by atoms with Crippen molar-refractivity contribution in [2.75, 3.05) is 0 Å². The van der Waals surface area contributed by atoms with Gasteiger partial charge in [0.25, 0.3) is 0 Å². The molecular weight excluding hydrogens is 150 g/mol. The molecule has 1 aromatic rings. The highest BCUT2D eigenvalue weighted by atomic mass is 14.8. The predicted molar refractivity (Wildman–Crippen MR) is 47.3 cm³/mol. The molecule has 0 saturated heterocycles. The average Bonchev–Trinajstić information content (AvgIpc) is 2.49. The molecule has 0 spiro atoms. The van der Waals surface area contributed by atoms with Gasteiger partial charge in [0, 0.05) is 12.2 Å². The summed E-state index contributed by atoms with van der Waals surface area (Å²) in [5.41, 5.74) is 7.37. The molecule has 0 unspecified atom stereocenters. The number of nitrogens with two attached hydrogens (primary N) is 1. The molecule has 64 valence electrons. The lowest BCUT2D eigenvalue weighted by atomic mass is 10.00. The first kappa shape index (κ1) is 8.82. The summed E-state index contributed by atoms with van der Waals surface area (Å²) in [6.07, 6.45) is 1.75. The number of hydrogen-bond acceptors (Lipinski definition) is 2. The second-order valence-electron chi connectivity index (χ2n) is 3.19. The molecule has 0 amide bonds. The maximum atomic E-state index is 8.71. The summed E-state index contributed by atoms with van der Waals surface area (Å²) in [6, 6.07) is 3.77. The Bertz CT molecular complexity index is 293. The molecule has 0 bridgehead atoms. The minimum absolute atomic E-state index is 0.0744. The molecule has 1 heterocycles. The van der Waals surface area contributed by atoms with E-state index in [0.29, 0.717) is 11.5 Å². The highest BCUT2D eigenvalue weighted by molar-refractivity contribution is 5.35. The van der Waals surface area contributed by atoms with E-state index in [-0.39, 0.29) is 6.04 Å². The molecule has 0 aliphatic heterocycles. The van der Waals surface area contributed by atoms with Gasteiger partial charge < -0.3 is 10.7 Å². The molecule has 0 fully saturated rings. The van der Waals surface area contributed by atoms with Crippen LogP contribution in [0.15, 0.2) is 12.3 Å². The van der Waals surface area contributed by atoms with Crippen LogP contribution in [-0.4, -0.2) is 4.98 Å². The van der Waals surface area contributed by atoms with Crippen LogP contribution in [0.2, 0.25) is 0 Å². The molecule has 1 rings (SSSR count). The van der Waals surface area contributed by atoms with Crippen molar-refractivity contribution in [3.8, 4) is 6.07 Å². The molecule has 0 radical (unpaired) electrons. The van der Waals surface area contributed by atoms with Gasteiger partial charge in [-0.1, -0.05) is 13.8 Å². The van der Waals surface area contributed by atoms with Gasteiger partial charge in [-0.15, -0.1) is 0 Å². The summed E-state index contributed by atoms with van der Waals surface area (Å²) in [7, 11) is 0. The third-order valence-corrected chi connectivity index (χ3v) is 1.95. The van der Waals surface area contributed by atoms with E-state index >= 15 is 0 Å².